The average Bonchev–Trinajstić information content (AvgIpc) is 2.06. The van der Waals surface area contributed by atoms with Crippen molar-refractivity contribution in [3.05, 3.63) is 12.4 Å². The molecule has 0 aliphatic rings. The number of aromatic nitrogens is 2. The van der Waals surface area contributed by atoms with Crippen LogP contribution in [0.4, 0.5) is 11.6 Å². The summed E-state index contributed by atoms with van der Waals surface area (Å²) in [6.07, 6.45) is 6.52. The Kier molecular flexibility index (Phi) is 3.07. The molecule has 0 saturated carbocycles. The van der Waals surface area contributed by atoms with Crippen molar-refractivity contribution >= 4 is 24.1 Å². The summed E-state index contributed by atoms with van der Waals surface area (Å²) >= 11 is 0. The molecular formula is C8H10N4. The van der Waals surface area contributed by atoms with Gasteiger partial charge in [-0.25, -0.2) is 15.0 Å². The van der Waals surface area contributed by atoms with E-state index < -0.39 is 0 Å². The summed E-state index contributed by atoms with van der Waals surface area (Å²) < 4.78 is 0. The van der Waals surface area contributed by atoms with E-state index in [2.05, 4.69) is 20.0 Å². The fourth-order valence-corrected chi connectivity index (χ4v) is 0.735. The average molecular weight is 162 g/mol. The molecule has 4 nitrogen and oxygen atoms in total. The van der Waals surface area contributed by atoms with E-state index in [4.69, 9.17) is 0 Å². The van der Waals surface area contributed by atoms with Gasteiger partial charge in [-0.2, -0.15) is 0 Å². The summed E-state index contributed by atoms with van der Waals surface area (Å²) in [7, 11) is 0. The zero-order valence-corrected chi connectivity index (χ0v) is 7.10. The Labute approximate surface area is 71.1 Å². The standard InChI is InChI=1S/C8H10N4/c1-3-10-7-5-9-6-8(12-7)11-4-2/h3-6H,1-2H3. The Morgan fingerprint density at radius 1 is 1.08 bits per heavy atom. The second-order valence-corrected chi connectivity index (χ2v) is 2.01. The Morgan fingerprint density at radius 2 is 1.58 bits per heavy atom. The highest BCUT2D eigenvalue weighted by Gasteiger charge is 1.91. The minimum atomic E-state index is 0.584. The minimum Gasteiger partial charge on any atom is -0.257 e. The van der Waals surface area contributed by atoms with Gasteiger partial charge >= 0.3 is 0 Å². The quantitative estimate of drug-likeness (QED) is 0.624. The first-order chi connectivity index (χ1) is 5.86. The third kappa shape index (κ3) is 2.23. The van der Waals surface area contributed by atoms with E-state index in [9.17, 15) is 0 Å². The van der Waals surface area contributed by atoms with Crippen LogP contribution in [0.15, 0.2) is 22.4 Å². The van der Waals surface area contributed by atoms with Crippen molar-refractivity contribution in [2.75, 3.05) is 0 Å². The molecule has 0 amide bonds. The predicted octanol–water partition coefficient (Wildman–Crippen LogP) is 1.92. The fraction of sp³-hybridized carbons (Fsp3) is 0.250. The van der Waals surface area contributed by atoms with Crippen LogP contribution in [0.1, 0.15) is 13.8 Å². The van der Waals surface area contributed by atoms with Gasteiger partial charge in [0, 0.05) is 12.4 Å². The van der Waals surface area contributed by atoms with Gasteiger partial charge in [-0.3, -0.25) is 4.98 Å². The summed E-state index contributed by atoms with van der Waals surface area (Å²) in [6, 6.07) is 0. The maximum atomic E-state index is 4.09. The van der Waals surface area contributed by atoms with Gasteiger partial charge in [0.1, 0.15) is 0 Å². The minimum absolute atomic E-state index is 0.584. The van der Waals surface area contributed by atoms with Gasteiger partial charge in [-0.05, 0) is 13.8 Å². The first-order valence-electron chi connectivity index (χ1n) is 3.66. The van der Waals surface area contributed by atoms with E-state index in [1.54, 1.807) is 24.8 Å². The highest BCUT2D eigenvalue weighted by molar-refractivity contribution is 5.60. The molecule has 0 radical (unpaired) electrons. The third-order valence-electron chi connectivity index (χ3n) is 1.13. The van der Waals surface area contributed by atoms with E-state index >= 15 is 0 Å². The SMILES string of the molecule is CC=Nc1cncc(N=CC)n1. The highest BCUT2D eigenvalue weighted by atomic mass is 15.0. The van der Waals surface area contributed by atoms with E-state index in [1.807, 2.05) is 13.8 Å². The largest absolute Gasteiger partial charge is 0.257 e. The smallest absolute Gasteiger partial charge is 0.172 e. The molecule has 1 aromatic heterocycles. The first kappa shape index (κ1) is 8.52. The number of hydrogen-bond acceptors (Lipinski definition) is 4. The number of hydrogen-bond donors (Lipinski definition) is 0. The monoisotopic (exact) mass is 162 g/mol. The summed E-state index contributed by atoms with van der Waals surface area (Å²) in [4.78, 5) is 16.0. The van der Waals surface area contributed by atoms with Crippen molar-refractivity contribution in [1.29, 1.82) is 0 Å². The molecule has 62 valence electrons. The molecule has 0 aromatic carbocycles. The van der Waals surface area contributed by atoms with Crippen molar-refractivity contribution in [3.8, 4) is 0 Å². The second kappa shape index (κ2) is 4.33. The van der Waals surface area contributed by atoms with Crippen molar-refractivity contribution in [1.82, 2.24) is 9.97 Å². The molecule has 0 atom stereocenters. The van der Waals surface area contributed by atoms with Gasteiger partial charge in [0.05, 0.1) is 12.4 Å². The van der Waals surface area contributed by atoms with Gasteiger partial charge in [0.2, 0.25) is 0 Å². The summed E-state index contributed by atoms with van der Waals surface area (Å²) in [5.74, 6) is 1.17. The first-order valence-corrected chi connectivity index (χ1v) is 3.66. The lowest BCUT2D eigenvalue weighted by molar-refractivity contribution is 1.16. The van der Waals surface area contributed by atoms with Crippen molar-refractivity contribution < 1.29 is 0 Å². The van der Waals surface area contributed by atoms with E-state index in [0.29, 0.717) is 11.6 Å². The molecule has 1 heterocycles. The normalized spacial score (nSPS) is 11.5. The molecule has 12 heavy (non-hydrogen) atoms. The number of aliphatic imine (C=N–C) groups is 2. The summed E-state index contributed by atoms with van der Waals surface area (Å²) in [6.45, 7) is 3.66. The Bertz CT molecular complexity index is 276. The van der Waals surface area contributed by atoms with Gasteiger partial charge in [0.25, 0.3) is 0 Å². The second-order valence-electron chi connectivity index (χ2n) is 2.01. The fourth-order valence-electron chi connectivity index (χ4n) is 0.735. The topological polar surface area (TPSA) is 50.5 Å². The summed E-state index contributed by atoms with van der Waals surface area (Å²) in [5, 5.41) is 0. The Hall–Kier alpha value is -1.58. The molecule has 0 bridgehead atoms. The van der Waals surface area contributed by atoms with Gasteiger partial charge < -0.3 is 0 Å². The van der Waals surface area contributed by atoms with Gasteiger partial charge in [-0.15, -0.1) is 0 Å². The molecule has 1 rings (SSSR count). The zero-order valence-electron chi connectivity index (χ0n) is 7.10. The van der Waals surface area contributed by atoms with Crippen LogP contribution in [-0.2, 0) is 0 Å². The lowest BCUT2D eigenvalue weighted by Gasteiger charge is -1.92. The van der Waals surface area contributed by atoms with Gasteiger partial charge in [-0.1, -0.05) is 0 Å². The van der Waals surface area contributed by atoms with Crippen LogP contribution in [0.3, 0.4) is 0 Å². The summed E-state index contributed by atoms with van der Waals surface area (Å²) in [5.41, 5.74) is 0. The number of rotatable bonds is 2. The zero-order chi connectivity index (χ0) is 8.81. The molecule has 0 aliphatic heterocycles. The molecule has 0 unspecified atom stereocenters. The molecular weight excluding hydrogens is 152 g/mol. The van der Waals surface area contributed by atoms with Crippen LogP contribution in [0.25, 0.3) is 0 Å². The molecule has 0 N–H and O–H groups in total. The van der Waals surface area contributed by atoms with Crippen LogP contribution in [0, 0.1) is 0 Å². The number of nitrogens with zero attached hydrogens (tertiary/aromatic N) is 4. The van der Waals surface area contributed by atoms with Crippen LogP contribution < -0.4 is 0 Å². The molecule has 0 spiro atoms. The highest BCUT2D eigenvalue weighted by Crippen LogP contribution is 2.10. The molecule has 0 aliphatic carbocycles. The van der Waals surface area contributed by atoms with Crippen LogP contribution in [0.5, 0.6) is 0 Å². The van der Waals surface area contributed by atoms with E-state index in [1.165, 1.54) is 0 Å². The van der Waals surface area contributed by atoms with Crippen LogP contribution in [0.2, 0.25) is 0 Å². The van der Waals surface area contributed by atoms with Gasteiger partial charge in [0.15, 0.2) is 11.6 Å². The molecule has 0 fully saturated rings. The van der Waals surface area contributed by atoms with Crippen LogP contribution >= 0.6 is 0 Å². The van der Waals surface area contributed by atoms with Crippen molar-refractivity contribution in [2.24, 2.45) is 9.98 Å². The van der Waals surface area contributed by atoms with E-state index in [-0.39, 0.29) is 0 Å². The van der Waals surface area contributed by atoms with Crippen molar-refractivity contribution in [3.63, 3.8) is 0 Å². The van der Waals surface area contributed by atoms with Crippen molar-refractivity contribution in [2.45, 2.75) is 13.8 Å². The Morgan fingerprint density at radius 3 is 2.00 bits per heavy atom. The molecule has 1 aromatic rings. The maximum Gasteiger partial charge on any atom is 0.172 e. The lowest BCUT2D eigenvalue weighted by Crippen LogP contribution is -1.78. The lowest BCUT2D eigenvalue weighted by atomic mass is 10.6. The predicted molar refractivity (Wildman–Crippen MR) is 49.7 cm³/mol. The molecule has 0 saturated heterocycles. The van der Waals surface area contributed by atoms with E-state index in [0.717, 1.165) is 0 Å². The Balaban J connectivity index is 2.95. The third-order valence-corrected chi connectivity index (χ3v) is 1.13. The maximum absolute atomic E-state index is 4.09. The molecule has 4 heteroatoms. The van der Waals surface area contributed by atoms with Crippen LogP contribution in [-0.4, -0.2) is 22.4 Å².